The van der Waals surface area contributed by atoms with Crippen LogP contribution in [0.3, 0.4) is 0 Å². The molecule has 11 aromatic rings. The highest BCUT2D eigenvalue weighted by atomic mass is 15.2. The van der Waals surface area contributed by atoms with Crippen molar-refractivity contribution in [3.05, 3.63) is 194 Å². The minimum Gasteiger partial charge on any atom is -0.309 e. The molecule has 0 saturated heterocycles. The lowest BCUT2D eigenvalue weighted by molar-refractivity contribution is 1.01. The van der Waals surface area contributed by atoms with Gasteiger partial charge in [-0.25, -0.2) is 9.97 Å². The van der Waals surface area contributed by atoms with E-state index in [1.165, 1.54) is 43.7 Å². The summed E-state index contributed by atoms with van der Waals surface area (Å²) in [5.74, 6) is 0.652. The fourth-order valence-electron chi connectivity index (χ4n) is 8.21. The summed E-state index contributed by atoms with van der Waals surface area (Å²) >= 11 is 0. The van der Waals surface area contributed by atoms with E-state index in [4.69, 9.17) is 9.97 Å². The fourth-order valence-corrected chi connectivity index (χ4v) is 8.21. The number of para-hydroxylation sites is 4. The Morgan fingerprint density at radius 2 is 0.759 bits per heavy atom. The first-order valence-electron chi connectivity index (χ1n) is 18.3. The molecule has 3 heterocycles. The molecule has 0 aliphatic heterocycles. The first-order chi connectivity index (χ1) is 26.8. The number of rotatable bonds is 5. The molecule has 11 rings (SSSR count). The van der Waals surface area contributed by atoms with Gasteiger partial charge in [-0.2, -0.15) is 0 Å². The molecule has 0 aliphatic rings. The smallest absolute Gasteiger partial charge is 0.235 e. The van der Waals surface area contributed by atoms with Gasteiger partial charge in [0.2, 0.25) is 5.95 Å². The van der Waals surface area contributed by atoms with Crippen molar-refractivity contribution < 1.29 is 0 Å². The Hall–Kier alpha value is -7.30. The van der Waals surface area contributed by atoms with Crippen LogP contribution in [0.2, 0.25) is 0 Å². The molecule has 252 valence electrons. The molecule has 0 amide bonds. The van der Waals surface area contributed by atoms with Gasteiger partial charge in [0.1, 0.15) is 0 Å². The first-order valence-corrected chi connectivity index (χ1v) is 18.3. The van der Waals surface area contributed by atoms with Gasteiger partial charge in [-0.05, 0) is 64.7 Å². The average molecular weight is 689 g/mol. The monoisotopic (exact) mass is 688 g/mol. The molecule has 54 heavy (non-hydrogen) atoms. The van der Waals surface area contributed by atoms with Gasteiger partial charge in [0.15, 0.2) is 0 Å². The summed E-state index contributed by atoms with van der Waals surface area (Å²) in [4.78, 5) is 10.6. The van der Waals surface area contributed by atoms with Gasteiger partial charge >= 0.3 is 0 Å². The minimum absolute atomic E-state index is 0.652. The third-order valence-corrected chi connectivity index (χ3v) is 10.8. The van der Waals surface area contributed by atoms with E-state index in [-0.39, 0.29) is 0 Å². The topological polar surface area (TPSA) is 35.6 Å². The van der Waals surface area contributed by atoms with Crippen LogP contribution in [0, 0.1) is 0 Å². The highest BCUT2D eigenvalue weighted by Crippen LogP contribution is 2.38. The van der Waals surface area contributed by atoms with Gasteiger partial charge < -0.3 is 4.57 Å². The van der Waals surface area contributed by atoms with Gasteiger partial charge in [0.25, 0.3) is 0 Å². The van der Waals surface area contributed by atoms with E-state index in [1.807, 2.05) is 6.07 Å². The average Bonchev–Trinajstić information content (AvgIpc) is 3.76. The van der Waals surface area contributed by atoms with Gasteiger partial charge in [0, 0.05) is 38.2 Å². The predicted octanol–water partition coefficient (Wildman–Crippen LogP) is 12.8. The molecular weight excluding hydrogens is 657 g/mol. The van der Waals surface area contributed by atoms with E-state index in [2.05, 4.69) is 197 Å². The van der Waals surface area contributed by atoms with Crippen molar-refractivity contribution in [1.82, 2.24) is 19.1 Å². The Labute approximate surface area is 311 Å². The van der Waals surface area contributed by atoms with Gasteiger partial charge in [-0.3, -0.25) is 4.57 Å². The molecule has 3 aromatic heterocycles. The van der Waals surface area contributed by atoms with Crippen LogP contribution in [0.4, 0.5) is 0 Å². The van der Waals surface area contributed by atoms with Crippen LogP contribution in [0.15, 0.2) is 194 Å². The van der Waals surface area contributed by atoms with Crippen LogP contribution in [0.1, 0.15) is 0 Å². The molecule has 0 saturated carbocycles. The number of benzene rings is 8. The third kappa shape index (κ3) is 4.78. The van der Waals surface area contributed by atoms with E-state index in [0.29, 0.717) is 5.95 Å². The minimum atomic E-state index is 0.652. The van der Waals surface area contributed by atoms with E-state index in [9.17, 15) is 0 Å². The second-order valence-corrected chi connectivity index (χ2v) is 13.8. The summed E-state index contributed by atoms with van der Waals surface area (Å²) in [5.41, 5.74) is 13.2. The summed E-state index contributed by atoms with van der Waals surface area (Å²) in [6, 6.07) is 69.1. The lowest BCUT2D eigenvalue weighted by Gasteiger charge is -2.13. The predicted molar refractivity (Wildman–Crippen MR) is 225 cm³/mol. The molecule has 8 aromatic carbocycles. The van der Waals surface area contributed by atoms with Crippen LogP contribution in [-0.2, 0) is 0 Å². The maximum absolute atomic E-state index is 5.38. The zero-order valence-electron chi connectivity index (χ0n) is 29.3. The van der Waals surface area contributed by atoms with Crippen molar-refractivity contribution >= 4 is 54.5 Å². The second-order valence-electron chi connectivity index (χ2n) is 13.8. The summed E-state index contributed by atoms with van der Waals surface area (Å²) in [6.07, 6.45) is 0. The number of aromatic nitrogens is 4. The van der Waals surface area contributed by atoms with Crippen molar-refractivity contribution in [1.29, 1.82) is 0 Å². The molecule has 4 heteroatoms. The molecule has 0 radical (unpaired) electrons. The van der Waals surface area contributed by atoms with Crippen LogP contribution in [0.5, 0.6) is 0 Å². The summed E-state index contributed by atoms with van der Waals surface area (Å²) in [7, 11) is 0. The van der Waals surface area contributed by atoms with Gasteiger partial charge in [-0.15, -0.1) is 0 Å². The molecule has 4 nitrogen and oxygen atoms in total. The van der Waals surface area contributed by atoms with Gasteiger partial charge in [-0.1, -0.05) is 152 Å². The molecule has 0 atom stereocenters. The molecule has 0 bridgehead atoms. The largest absolute Gasteiger partial charge is 0.309 e. The van der Waals surface area contributed by atoms with Crippen molar-refractivity contribution in [3.8, 4) is 45.1 Å². The standard InChI is InChI=1S/C50H32N4/c1-3-13-33(14-4-1)34-23-25-35(26-24-34)49-43-19-7-10-20-44(43)51-50(52-49)54-46-22-12-9-18-40(46)42-30-28-37(32-48(42)54)36-27-29-41-39-17-8-11-21-45(39)53(47(41)31-36)38-15-5-2-6-16-38/h1-32H. The maximum atomic E-state index is 5.38. The van der Waals surface area contributed by atoms with Crippen LogP contribution in [-0.4, -0.2) is 19.1 Å². The summed E-state index contributed by atoms with van der Waals surface area (Å²) < 4.78 is 4.61. The molecule has 0 unspecified atom stereocenters. The number of nitrogens with zero attached hydrogens (tertiary/aromatic N) is 4. The van der Waals surface area contributed by atoms with E-state index >= 15 is 0 Å². The highest BCUT2D eigenvalue weighted by Gasteiger charge is 2.19. The lowest BCUT2D eigenvalue weighted by Crippen LogP contribution is -2.03. The Kier molecular flexibility index (Phi) is 6.82. The first kappa shape index (κ1) is 30.3. The van der Waals surface area contributed by atoms with E-state index < -0.39 is 0 Å². The van der Waals surface area contributed by atoms with Crippen molar-refractivity contribution in [3.63, 3.8) is 0 Å². The van der Waals surface area contributed by atoms with Gasteiger partial charge in [0.05, 0.1) is 33.3 Å². The lowest BCUT2D eigenvalue weighted by atomic mass is 10.0. The normalized spacial score (nSPS) is 11.7. The van der Waals surface area contributed by atoms with E-state index in [1.54, 1.807) is 0 Å². The Morgan fingerprint density at radius 1 is 0.296 bits per heavy atom. The van der Waals surface area contributed by atoms with Crippen LogP contribution < -0.4 is 0 Å². The summed E-state index contributed by atoms with van der Waals surface area (Å²) in [6.45, 7) is 0. The fraction of sp³-hybridized carbons (Fsp3) is 0. The zero-order valence-corrected chi connectivity index (χ0v) is 29.3. The number of hydrogen-bond acceptors (Lipinski definition) is 2. The highest BCUT2D eigenvalue weighted by molar-refractivity contribution is 6.12. The molecule has 0 spiro atoms. The Morgan fingerprint density at radius 3 is 1.43 bits per heavy atom. The number of hydrogen-bond donors (Lipinski definition) is 0. The Bertz CT molecular complexity index is 3190. The van der Waals surface area contributed by atoms with Crippen molar-refractivity contribution in [2.75, 3.05) is 0 Å². The van der Waals surface area contributed by atoms with E-state index in [0.717, 1.165) is 50.0 Å². The zero-order chi connectivity index (χ0) is 35.6. The number of fused-ring (bicyclic) bond motifs is 7. The summed E-state index contributed by atoms with van der Waals surface area (Å²) in [5, 5.41) is 5.85. The van der Waals surface area contributed by atoms with Crippen LogP contribution in [0.25, 0.3) is 99.7 Å². The van der Waals surface area contributed by atoms with Crippen molar-refractivity contribution in [2.24, 2.45) is 0 Å². The SMILES string of the molecule is c1ccc(-c2ccc(-c3nc(-n4c5ccccc5c5ccc(-c6ccc7c8ccccc8n(-c8ccccc8)c7c6)cc54)nc4ccccc34)cc2)cc1. The quantitative estimate of drug-likeness (QED) is 0.180. The maximum Gasteiger partial charge on any atom is 0.235 e. The third-order valence-electron chi connectivity index (χ3n) is 10.8. The van der Waals surface area contributed by atoms with Crippen LogP contribution >= 0.6 is 0 Å². The molecule has 0 fully saturated rings. The molecule has 0 aliphatic carbocycles. The molecular formula is C50H32N4. The second kappa shape index (κ2) is 12.1. The van der Waals surface area contributed by atoms with Crippen molar-refractivity contribution in [2.45, 2.75) is 0 Å². The Balaban J connectivity index is 1.11. The molecule has 0 N–H and O–H groups in total.